The molecule has 1 aliphatic rings. The van der Waals surface area contributed by atoms with E-state index in [-0.39, 0.29) is 30.2 Å². The summed E-state index contributed by atoms with van der Waals surface area (Å²) < 4.78 is 18.0. The predicted molar refractivity (Wildman–Crippen MR) is 181 cm³/mol. The third-order valence-electron chi connectivity index (χ3n) is 7.58. The number of ether oxygens (including phenoxy) is 3. The molecule has 0 saturated heterocycles. The minimum Gasteiger partial charge on any atom is -0.497 e. The van der Waals surface area contributed by atoms with Gasteiger partial charge >= 0.3 is 0 Å². The Morgan fingerprint density at radius 1 is 0.894 bits per heavy atom. The number of hydrogen-bond donors (Lipinski definition) is 1. The van der Waals surface area contributed by atoms with E-state index in [4.69, 9.17) is 19.3 Å². The van der Waals surface area contributed by atoms with Gasteiger partial charge in [0.1, 0.15) is 17.2 Å². The number of amides is 2. The predicted octanol–water partition coefficient (Wildman–Crippen LogP) is 5.75. The third kappa shape index (κ3) is 7.00. The van der Waals surface area contributed by atoms with Gasteiger partial charge in [0.05, 0.1) is 55.9 Å². The number of methoxy groups -OCH3 is 3. The SMILES string of the molecule is COc1ccc(C(=O)NCc2nnc(SCC(=O)N3N=C(c4cccs4)C[C@H]3c3ccc(OC)cc3)n2-c2ccccc2OC)cc1. The molecule has 1 atom stereocenters. The Balaban J connectivity index is 1.24. The van der Waals surface area contributed by atoms with Crippen LogP contribution >= 0.6 is 23.1 Å². The first-order valence-electron chi connectivity index (χ1n) is 14.7. The van der Waals surface area contributed by atoms with Crippen molar-refractivity contribution in [3.05, 3.63) is 112 Å². The van der Waals surface area contributed by atoms with Gasteiger partial charge in [0.2, 0.25) is 0 Å². The van der Waals surface area contributed by atoms with Crippen LogP contribution in [0.3, 0.4) is 0 Å². The topological polar surface area (TPSA) is 120 Å². The van der Waals surface area contributed by atoms with E-state index in [0.717, 1.165) is 21.9 Å². The van der Waals surface area contributed by atoms with Crippen LogP contribution in [0.25, 0.3) is 5.69 Å². The van der Waals surface area contributed by atoms with Crippen molar-refractivity contribution in [2.24, 2.45) is 5.10 Å². The normalized spacial score (nSPS) is 14.1. The molecule has 0 unspecified atom stereocenters. The van der Waals surface area contributed by atoms with Crippen molar-refractivity contribution in [2.45, 2.75) is 24.2 Å². The molecule has 0 fully saturated rings. The second-order valence-electron chi connectivity index (χ2n) is 10.4. The number of nitrogens with one attached hydrogen (secondary N) is 1. The largest absolute Gasteiger partial charge is 0.497 e. The van der Waals surface area contributed by atoms with Crippen molar-refractivity contribution >= 4 is 40.6 Å². The minimum atomic E-state index is -0.273. The van der Waals surface area contributed by atoms with Gasteiger partial charge in [-0.3, -0.25) is 14.2 Å². The second kappa shape index (κ2) is 14.5. The lowest BCUT2D eigenvalue weighted by Gasteiger charge is -2.22. The summed E-state index contributed by atoms with van der Waals surface area (Å²) >= 11 is 2.84. The van der Waals surface area contributed by atoms with Crippen LogP contribution in [0.4, 0.5) is 0 Å². The fourth-order valence-electron chi connectivity index (χ4n) is 5.18. The summed E-state index contributed by atoms with van der Waals surface area (Å²) in [6.07, 6.45) is 0.596. The highest BCUT2D eigenvalue weighted by atomic mass is 32.2. The number of aromatic nitrogens is 3. The number of carbonyl (C=O) groups excluding carboxylic acids is 2. The maximum Gasteiger partial charge on any atom is 0.253 e. The van der Waals surface area contributed by atoms with Crippen molar-refractivity contribution in [2.75, 3.05) is 27.1 Å². The van der Waals surface area contributed by atoms with Crippen molar-refractivity contribution in [3.8, 4) is 22.9 Å². The summed E-state index contributed by atoms with van der Waals surface area (Å²) in [6.45, 7) is 0.0879. The number of carbonyl (C=O) groups is 2. The summed E-state index contributed by atoms with van der Waals surface area (Å²) in [7, 11) is 4.78. The van der Waals surface area contributed by atoms with Gasteiger partial charge in [0.15, 0.2) is 11.0 Å². The van der Waals surface area contributed by atoms with Gasteiger partial charge in [-0.05, 0) is 65.5 Å². The standard InChI is InChI=1S/C34H32N6O5S2/c1-43-24-14-10-22(11-15-24)28-19-26(30-9-6-18-46-30)38-40(28)32(41)21-47-34-37-36-31(39(34)27-7-4-5-8-29(27)45-3)20-35-33(42)23-12-16-25(44-2)17-13-23/h4-18,28H,19-21H2,1-3H3,(H,35,42)/t28-/m0/s1. The van der Waals surface area contributed by atoms with Crippen LogP contribution < -0.4 is 19.5 Å². The van der Waals surface area contributed by atoms with Crippen LogP contribution in [0.15, 0.2) is 101 Å². The Morgan fingerprint density at radius 2 is 1.62 bits per heavy atom. The van der Waals surface area contributed by atoms with Gasteiger partial charge in [-0.1, -0.05) is 42.1 Å². The van der Waals surface area contributed by atoms with Crippen LogP contribution in [-0.2, 0) is 11.3 Å². The molecule has 1 aliphatic heterocycles. The zero-order chi connectivity index (χ0) is 32.8. The first kappa shape index (κ1) is 31.8. The molecule has 0 spiro atoms. The molecule has 11 nitrogen and oxygen atoms in total. The fourth-order valence-corrected chi connectivity index (χ4v) is 6.72. The van der Waals surface area contributed by atoms with Crippen LogP contribution in [0, 0.1) is 0 Å². The van der Waals surface area contributed by atoms with Gasteiger partial charge in [-0.15, -0.1) is 21.5 Å². The summed E-state index contributed by atoms with van der Waals surface area (Å²) in [5, 5.41) is 20.6. The molecule has 0 bridgehead atoms. The van der Waals surface area contributed by atoms with Crippen molar-refractivity contribution in [1.82, 2.24) is 25.1 Å². The number of benzene rings is 3. The van der Waals surface area contributed by atoms with Crippen molar-refractivity contribution < 1.29 is 23.8 Å². The Hall–Kier alpha value is -5.14. The van der Waals surface area contributed by atoms with E-state index in [1.807, 2.05) is 66.0 Å². The van der Waals surface area contributed by atoms with Crippen molar-refractivity contribution in [1.29, 1.82) is 0 Å². The molecule has 0 radical (unpaired) electrons. The second-order valence-corrected chi connectivity index (χ2v) is 12.3. The molecule has 47 heavy (non-hydrogen) atoms. The average Bonchev–Trinajstić information content (AvgIpc) is 3.90. The summed E-state index contributed by atoms with van der Waals surface area (Å²) in [6, 6.07) is 25.7. The highest BCUT2D eigenvalue weighted by Gasteiger charge is 2.34. The number of thiophene rings is 1. The molecule has 2 aromatic heterocycles. The quantitative estimate of drug-likeness (QED) is 0.167. The number of hydrogen-bond acceptors (Lipinski definition) is 10. The summed E-state index contributed by atoms with van der Waals surface area (Å²) in [4.78, 5) is 27.8. The van der Waals surface area contributed by atoms with Crippen LogP contribution in [-0.4, -0.2) is 64.4 Å². The molecular weight excluding hydrogens is 637 g/mol. The van der Waals surface area contributed by atoms with Crippen molar-refractivity contribution in [3.63, 3.8) is 0 Å². The lowest BCUT2D eigenvalue weighted by Crippen LogP contribution is -2.28. The van der Waals surface area contributed by atoms with Gasteiger partial charge in [0, 0.05) is 12.0 Å². The van der Waals surface area contributed by atoms with Gasteiger partial charge in [-0.2, -0.15) is 5.10 Å². The van der Waals surface area contributed by atoms with E-state index in [1.54, 1.807) is 66.5 Å². The highest BCUT2D eigenvalue weighted by molar-refractivity contribution is 7.99. The molecule has 1 N–H and O–H groups in total. The Labute approximate surface area is 280 Å². The third-order valence-corrected chi connectivity index (χ3v) is 9.42. The molecule has 3 aromatic carbocycles. The lowest BCUT2D eigenvalue weighted by atomic mass is 10.0. The van der Waals surface area contributed by atoms with E-state index in [0.29, 0.717) is 40.2 Å². The van der Waals surface area contributed by atoms with E-state index in [2.05, 4.69) is 15.5 Å². The average molecular weight is 669 g/mol. The lowest BCUT2D eigenvalue weighted by molar-refractivity contribution is -0.130. The summed E-state index contributed by atoms with van der Waals surface area (Å²) in [5.74, 6) is 2.07. The van der Waals surface area contributed by atoms with E-state index < -0.39 is 0 Å². The Morgan fingerprint density at radius 3 is 2.30 bits per heavy atom. The first-order valence-corrected chi connectivity index (χ1v) is 16.6. The molecule has 2 amide bonds. The number of nitrogens with zero attached hydrogens (tertiary/aromatic N) is 5. The molecule has 240 valence electrons. The van der Waals surface area contributed by atoms with Crippen LogP contribution in [0.1, 0.15) is 39.1 Å². The van der Waals surface area contributed by atoms with Crippen LogP contribution in [0.5, 0.6) is 17.2 Å². The number of hydrazone groups is 1. The first-order chi connectivity index (χ1) is 23.0. The maximum atomic E-state index is 13.9. The molecule has 0 aliphatic carbocycles. The molecular formula is C34H32N6O5S2. The molecule has 3 heterocycles. The number of thioether (sulfide) groups is 1. The van der Waals surface area contributed by atoms with Gasteiger partial charge in [0.25, 0.3) is 11.8 Å². The molecule has 13 heteroatoms. The van der Waals surface area contributed by atoms with E-state index in [9.17, 15) is 9.59 Å². The molecule has 0 saturated carbocycles. The number of para-hydroxylation sites is 2. The maximum absolute atomic E-state index is 13.9. The van der Waals surface area contributed by atoms with Gasteiger partial charge in [-0.25, -0.2) is 5.01 Å². The molecule has 6 rings (SSSR count). The fraction of sp³-hybridized carbons (Fsp3) is 0.206. The van der Waals surface area contributed by atoms with Crippen LogP contribution in [0.2, 0.25) is 0 Å². The monoisotopic (exact) mass is 668 g/mol. The summed E-state index contributed by atoms with van der Waals surface area (Å²) in [5.41, 5.74) is 2.99. The zero-order valence-electron chi connectivity index (χ0n) is 26.0. The highest BCUT2D eigenvalue weighted by Crippen LogP contribution is 2.36. The van der Waals surface area contributed by atoms with E-state index in [1.165, 1.54) is 11.8 Å². The Bertz CT molecular complexity index is 1870. The van der Waals surface area contributed by atoms with E-state index >= 15 is 0 Å². The minimum absolute atomic E-state index is 0.0549. The smallest absolute Gasteiger partial charge is 0.253 e. The van der Waals surface area contributed by atoms with Gasteiger partial charge < -0.3 is 19.5 Å². The Kier molecular flexibility index (Phi) is 9.83. The zero-order valence-corrected chi connectivity index (χ0v) is 27.6. The number of rotatable bonds is 12. The molecule has 5 aromatic rings.